The lowest BCUT2D eigenvalue weighted by Crippen LogP contribution is -2.33. The van der Waals surface area contributed by atoms with Crippen LogP contribution in [0.15, 0.2) is 60.9 Å². The molecule has 3 aromatic carbocycles. The fourth-order valence-corrected chi connectivity index (χ4v) is 10.9. The number of benzene rings is 3. The number of carbonyl (C=O) groups is 3. The van der Waals surface area contributed by atoms with Crippen molar-refractivity contribution in [3.8, 4) is 34.8 Å². The number of phenols is 2. The van der Waals surface area contributed by atoms with Crippen molar-refractivity contribution >= 4 is 58.1 Å². The Bertz CT molecular complexity index is 3090. The van der Waals surface area contributed by atoms with Crippen LogP contribution in [0.5, 0.6) is 23.0 Å². The number of aliphatic hydroxyl groups excluding tert-OH is 2. The van der Waals surface area contributed by atoms with Crippen LogP contribution in [0.1, 0.15) is 75.0 Å². The molecule has 5 aromatic rings. The second kappa shape index (κ2) is 19.5. The number of phosphoric acid groups is 3. The summed E-state index contributed by atoms with van der Waals surface area (Å²) in [5, 5.41) is 51.7. The highest BCUT2D eigenvalue weighted by atomic mass is 31.3. The molecule has 1 saturated heterocycles. The first-order valence-corrected chi connectivity index (χ1v) is 25.1. The molecule has 70 heavy (non-hydrogen) atoms. The number of nitrogens with two attached hydrogens (primary N) is 1. The number of hydrogen-bond donors (Lipinski definition) is 11. The summed E-state index contributed by atoms with van der Waals surface area (Å²) in [4.78, 5) is 83.9. The van der Waals surface area contributed by atoms with E-state index in [1.54, 1.807) is 18.2 Å². The monoisotopic (exact) mass is 1030 g/mol. The zero-order valence-corrected chi connectivity index (χ0v) is 38.4. The zero-order chi connectivity index (χ0) is 50.3. The fraction of sp³-hybridized carbons (Fsp3) is 0.300. The van der Waals surface area contributed by atoms with Crippen LogP contribution in [0.2, 0.25) is 0 Å². The molecular formula is C40H40N7O20P3. The number of hydrogen-bond acceptors (Lipinski definition) is 20. The number of rotatable bonds is 16. The van der Waals surface area contributed by atoms with Crippen LogP contribution in [-0.2, 0) is 46.7 Å². The normalized spacial score (nSPS) is 20.5. The maximum absolute atomic E-state index is 13.4. The van der Waals surface area contributed by atoms with Crippen molar-refractivity contribution in [3.05, 3.63) is 94.4 Å². The lowest BCUT2D eigenvalue weighted by molar-refractivity contribution is -0.121. The number of phenolic OH excluding ortho intramolecular Hbond substituents is 2. The summed E-state index contributed by atoms with van der Waals surface area (Å²) in [7, 11) is -17.1. The largest absolute Gasteiger partial charge is 0.508 e. The molecule has 2 amide bonds. The summed E-state index contributed by atoms with van der Waals surface area (Å²) < 4.78 is 65.2. The van der Waals surface area contributed by atoms with E-state index < -0.39 is 72.1 Å². The molecule has 30 heteroatoms. The second-order valence-corrected chi connectivity index (χ2v) is 20.0. The first kappa shape index (κ1) is 50.1. The van der Waals surface area contributed by atoms with Crippen LogP contribution >= 0.6 is 23.5 Å². The molecule has 5 heterocycles. The molecule has 1 spiro atoms. The van der Waals surface area contributed by atoms with E-state index in [-0.39, 0.29) is 82.1 Å². The minimum atomic E-state index is -5.83. The molecule has 0 radical (unpaired) electrons. The summed E-state index contributed by atoms with van der Waals surface area (Å²) in [5.41, 5.74) is 6.12. The van der Waals surface area contributed by atoms with Crippen LogP contribution in [0, 0.1) is 11.8 Å². The Kier molecular flexibility index (Phi) is 13.9. The Morgan fingerprint density at radius 1 is 0.857 bits per heavy atom. The quantitative estimate of drug-likeness (QED) is 0.0290. The van der Waals surface area contributed by atoms with Gasteiger partial charge in [0.1, 0.15) is 59.1 Å². The highest BCUT2D eigenvalue weighted by Gasteiger charge is 2.54. The van der Waals surface area contributed by atoms with Crippen molar-refractivity contribution in [3.63, 3.8) is 0 Å². The molecule has 8 rings (SSSR count). The number of aromatic hydroxyl groups is 2. The summed E-state index contributed by atoms with van der Waals surface area (Å²) in [5.74, 6) is 4.15. The molecule has 370 valence electrons. The van der Waals surface area contributed by atoms with Gasteiger partial charge in [-0.1, -0.05) is 12.3 Å². The predicted molar refractivity (Wildman–Crippen MR) is 234 cm³/mol. The van der Waals surface area contributed by atoms with Crippen LogP contribution in [0.25, 0.3) is 11.0 Å². The Hall–Kier alpha value is -6.33. The van der Waals surface area contributed by atoms with Crippen molar-refractivity contribution in [2.75, 3.05) is 25.4 Å². The Balaban J connectivity index is 0.824. The summed E-state index contributed by atoms with van der Waals surface area (Å²) >= 11 is 0. The predicted octanol–water partition coefficient (Wildman–Crippen LogP) is 1.81. The molecule has 3 aliphatic rings. The van der Waals surface area contributed by atoms with E-state index in [9.17, 15) is 58.3 Å². The molecule has 2 unspecified atom stereocenters. The van der Waals surface area contributed by atoms with Crippen LogP contribution in [-0.4, -0.2) is 116 Å². The fourth-order valence-electron chi connectivity index (χ4n) is 7.89. The smallest absolute Gasteiger partial charge is 0.490 e. The third-order valence-corrected chi connectivity index (χ3v) is 14.7. The van der Waals surface area contributed by atoms with Gasteiger partial charge in [0.2, 0.25) is 5.91 Å². The van der Waals surface area contributed by atoms with E-state index in [0.717, 1.165) is 11.0 Å². The summed E-state index contributed by atoms with van der Waals surface area (Å²) in [6, 6.07) is 13.3. The van der Waals surface area contributed by atoms with E-state index in [1.165, 1.54) is 36.4 Å². The number of carbonyl (C=O) groups excluding carboxylic acids is 3. The van der Waals surface area contributed by atoms with Gasteiger partial charge in [0.15, 0.2) is 17.5 Å². The van der Waals surface area contributed by atoms with Gasteiger partial charge in [-0.15, -0.1) is 0 Å². The molecule has 2 aromatic heterocycles. The lowest BCUT2D eigenvalue weighted by atomic mass is 9.77. The van der Waals surface area contributed by atoms with Gasteiger partial charge in [0, 0.05) is 47.4 Å². The van der Waals surface area contributed by atoms with Gasteiger partial charge >= 0.3 is 29.4 Å². The van der Waals surface area contributed by atoms with Gasteiger partial charge in [0.05, 0.1) is 24.1 Å². The topological polar surface area (TPSA) is 413 Å². The number of fused-ring (bicyclic) bond motifs is 7. The maximum atomic E-state index is 13.4. The lowest BCUT2D eigenvalue weighted by Gasteiger charge is -2.36. The number of nitrogen functional groups attached to an aromatic ring is 1. The molecule has 3 aliphatic heterocycles. The molecule has 0 saturated carbocycles. The molecule has 6 atom stereocenters. The third-order valence-electron chi connectivity index (χ3n) is 10.9. The van der Waals surface area contributed by atoms with Crippen LogP contribution < -0.4 is 21.1 Å². The van der Waals surface area contributed by atoms with Gasteiger partial charge in [-0.2, -0.15) is 13.7 Å². The SMILES string of the molecule is Nc1ncnc2c1c(C#CCNC(=O)CCCCCNC(=O)c1ccc3c(c1)C1(OC3=O)c3ccc(O)cc3Oc3cc(O)ccc31)nn2[C@@H]1O[C@H](COP(=O)(O)OP(=O)(O)OP(=O)(O)O)[C@@H](O)[C@H]1O. The number of amides is 2. The van der Waals surface area contributed by atoms with Crippen molar-refractivity contribution in [2.24, 2.45) is 0 Å². The molecule has 27 nitrogen and oxygen atoms in total. The van der Waals surface area contributed by atoms with Gasteiger partial charge in [-0.3, -0.25) is 14.1 Å². The van der Waals surface area contributed by atoms with Crippen molar-refractivity contribution < 1.29 is 95.4 Å². The number of anilines is 1. The van der Waals surface area contributed by atoms with E-state index in [0.29, 0.717) is 36.0 Å². The van der Waals surface area contributed by atoms with Crippen molar-refractivity contribution in [1.29, 1.82) is 0 Å². The molecule has 12 N–H and O–H groups in total. The zero-order valence-electron chi connectivity index (χ0n) is 35.7. The number of esters is 1. The van der Waals surface area contributed by atoms with Gasteiger partial charge in [0.25, 0.3) is 5.91 Å². The molecule has 0 bridgehead atoms. The number of aliphatic hydroxyl groups is 2. The number of unbranched alkanes of at least 4 members (excludes halogenated alkanes) is 2. The van der Waals surface area contributed by atoms with E-state index in [2.05, 4.69) is 50.7 Å². The summed E-state index contributed by atoms with van der Waals surface area (Å²) in [6.07, 6.45) is -4.12. The van der Waals surface area contributed by atoms with Gasteiger partial charge < -0.3 is 70.6 Å². The number of ether oxygens (including phenoxy) is 3. The highest BCUT2D eigenvalue weighted by molar-refractivity contribution is 7.66. The minimum Gasteiger partial charge on any atom is -0.508 e. The average Bonchev–Trinajstić information content (AvgIpc) is 3.89. The van der Waals surface area contributed by atoms with Crippen LogP contribution in [0.4, 0.5) is 5.82 Å². The van der Waals surface area contributed by atoms with E-state index >= 15 is 0 Å². The number of aromatic nitrogens is 4. The van der Waals surface area contributed by atoms with Gasteiger partial charge in [-0.05, 0) is 61.2 Å². The van der Waals surface area contributed by atoms with Gasteiger partial charge in [-0.25, -0.2) is 33.1 Å². The maximum Gasteiger partial charge on any atom is 0.490 e. The van der Waals surface area contributed by atoms with Crippen LogP contribution in [0.3, 0.4) is 0 Å². The Morgan fingerprint density at radius 2 is 1.56 bits per heavy atom. The second-order valence-electron chi connectivity index (χ2n) is 15.6. The molecular weight excluding hydrogens is 991 g/mol. The summed E-state index contributed by atoms with van der Waals surface area (Å²) in [6.45, 7) is -0.962. The standard InChI is InChI=1S/C40H40N7O20P3/c41-35-32-27(46-47(36(32)45-19-44-35)38-34(52)33(51)30(64-38)18-62-69(58,59)67-70(60,61)66-68(55,56)57)5-4-14-42-31(50)6-2-1-3-13-43-37(53)20-7-10-23-26(15-20)40(65-39(23)54)24-11-8-21(48)16-28(24)63-29-17-22(49)9-12-25(29)40/h7-12,15-17,19,30,33-34,38,48-49,51-52H,1-3,6,13-14,18H2,(H,42,50)(H,43,53)(H,58,59)(H,60,61)(H2,41,44,45)(H2,55,56,57)/t30-,33-,34-,38-/m1/s1. The minimum absolute atomic E-state index is 0.0332. The first-order valence-electron chi connectivity index (χ1n) is 20.6. The van der Waals surface area contributed by atoms with Crippen molar-refractivity contribution in [1.82, 2.24) is 30.4 Å². The molecule has 1 fully saturated rings. The number of nitrogens with one attached hydrogen (secondary N) is 2. The Labute approximate surface area is 393 Å². The average molecular weight is 1030 g/mol. The number of nitrogens with zero attached hydrogens (tertiary/aromatic N) is 4. The van der Waals surface area contributed by atoms with E-state index in [1.807, 2.05) is 0 Å². The highest BCUT2D eigenvalue weighted by Crippen LogP contribution is 2.66. The van der Waals surface area contributed by atoms with E-state index in [4.69, 9.17) is 29.7 Å². The number of phosphoric ester groups is 1. The molecule has 0 aliphatic carbocycles. The third kappa shape index (κ3) is 10.4. The first-order chi connectivity index (χ1) is 33.1. The van der Waals surface area contributed by atoms with Crippen molar-refractivity contribution in [2.45, 2.75) is 55.8 Å². The Morgan fingerprint density at radius 3 is 2.24 bits per heavy atom.